The highest BCUT2D eigenvalue weighted by molar-refractivity contribution is 7.07. The molecule has 0 saturated carbocycles. The third-order valence-corrected chi connectivity index (χ3v) is 4.42. The summed E-state index contributed by atoms with van der Waals surface area (Å²) in [4.78, 5) is 27.8. The molecule has 116 valence electrons. The first-order valence-corrected chi connectivity index (χ1v) is 8.21. The van der Waals surface area contributed by atoms with Gasteiger partial charge in [-0.1, -0.05) is 0 Å². The van der Waals surface area contributed by atoms with Gasteiger partial charge in [0.2, 0.25) is 5.91 Å². The van der Waals surface area contributed by atoms with Crippen LogP contribution in [0.5, 0.6) is 0 Å². The van der Waals surface area contributed by atoms with Gasteiger partial charge in [0, 0.05) is 13.6 Å². The molecule has 1 fully saturated rings. The van der Waals surface area contributed by atoms with Crippen molar-refractivity contribution in [2.75, 3.05) is 26.7 Å². The number of thiophene rings is 1. The lowest BCUT2D eigenvalue weighted by atomic mass is 10.2. The van der Waals surface area contributed by atoms with Crippen molar-refractivity contribution in [2.45, 2.75) is 32.4 Å². The molecule has 1 aromatic heterocycles. The molecule has 5 nitrogen and oxygen atoms in total. The molecule has 0 radical (unpaired) electrons. The molecule has 0 aliphatic carbocycles. The van der Waals surface area contributed by atoms with Gasteiger partial charge in [-0.2, -0.15) is 11.3 Å². The van der Waals surface area contributed by atoms with Gasteiger partial charge in [0.25, 0.3) is 0 Å². The van der Waals surface area contributed by atoms with Crippen molar-refractivity contribution in [2.24, 2.45) is 0 Å². The van der Waals surface area contributed by atoms with Gasteiger partial charge in [0.1, 0.15) is 6.04 Å². The fraction of sp³-hybridized carbons (Fsp3) is 0.600. The summed E-state index contributed by atoms with van der Waals surface area (Å²) >= 11 is 1.63. The van der Waals surface area contributed by atoms with Gasteiger partial charge in [0.05, 0.1) is 13.2 Å². The van der Waals surface area contributed by atoms with Crippen molar-refractivity contribution in [3.8, 4) is 0 Å². The fourth-order valence-electron chi connectivity index (χ4n) is 2.56. The Morgan fingerprint density at radius 3 is 3.00 bits per heavy atom. The lowest BCUT2D eigenvalue weighted by Gasteiger charge is -2.25. The molecule has 0 spiro atoms. The van der Waals surface area contributed by atoms with Gasteiger partial charge >= 0.3 is 5.97 Å². The van der Waals surface area contributed by atoms with Crippen LogP contribution in [-0.4, -0.2) is 54.5 Å². The first-order valence-electron chi connectivity index (χ1n) is 7.27. The van der Waals surface area contributed by atoms with E-state index in [4.69, 9.17) is 4.74 Å². The summed E-state index contributed by atoms with van der Waals surface area (Å²) in [6.07, 6.45) is 1.71. The van der Waals surface area contributed by atoms with E-state index in [1.807, 2.05) is 21.7 Å². The zero-order valence-corrected chi connectivity index (χ0v) is 13.4. The molecule has 1 aliphatic heterocycles. The van der Waals surface area contributed by atoms with Crippen molar-refractivity contribution in [1.29, 1.82) is 0 Å². The van der Waals surface area contributed by atoms with Crippen molar-refractivity contribution < 1.29 is 14.3 Å². The monoisotopic (exact) mass is 310 g/mol. The van der Waals surface area contributed by atoms with E-state index in [9.17, 15) is 9.59 Å². The first kappa shape index (κ1) is 16.0. The second-order valence-electron chi connectivity index (χ2n) is 5.26. The number of ether oxygens (including phenoxy) is 1. The van der Waals surface area contributed by atoms with E-state index < -0.39 is 0 Å². The molecule has 2 rings (SSSR count). The van der Waals surface area contributed by atoms with E-state index in [-0.39, 0.29) is 24.5 Å². The summed E-state index contributed by atoms with van der Waals surface area (Å²) in [5, 5.41) is 4.05. The molecule has 0 N–H and O–H groups in total. The Balaban J connectivity index is 1.87. The Hall–Kier alpha value is -1.40. The van der Waals surface area contributed by atoms with Gasteiger partial charge in [-0.25, -0.2) is 0 Å². The van der Waals surface area contributed by atoms with E-state index in [0.29, 0.717) is 13.2 Å². The number of rotatable bonds is 6. The lowest BCUT2D eigenvalue weighted by molar-refractivity contribution is -0.149. The number of nitrogens with zero attached hydrogens (tertiary/aromatic N) is 2. The highest BCUT2D eigenvalue weighted by atomic mass is 32.1. The minimum Gasteiger partial charge on any atom is -0.465 e. The molecule has 6 heteroatoms. The predicted molar refractivity (Wildman–Crippen MR) is 82.0 cm³/mol. The van der Waals surface area contributed by atoms with E-state index in [1.165, 1.54) is 0 Å². The van der Waals surface area contributed by atoms with Crippen molar-refractivity contribution in [3.05, 3.63) is 22.4 Å². The van der Waals surface area contributed by atoms with Crippen molar-refractivity contribution in [3.63, 3.8) is 0 Å². The highest BCUT2D eigenvalue weighted by Gasteiger charge is 2.33. The van der Waals surface area contributed by atoms with Crippen LogP contribution in [0, 0.1) is 0 Å². The normalized spacial score (nSPS) is 18.7. The SMILES string of the molecule is CCOC(=O)C1CCCN1CC(=O)N(C)Cc1ccsc1. The topological polar surface area (TPSA) is 49.9 Å². The number of hydrogen-bond donors (Lipinski definition) is 0. The van der Waals surface area contributed by atoms with E-state index in [2.05, 4.69) is 0 Å². The van der Waals surface area contributed by atoms with Crippen molar-refractivity contribution in [1.82, 2.24) is 9.80 Å². The summed E-state index contributed by atoms with van der Waals surface area (Å²) in [5.74, 6) is -0.166. The Morgan fingerprint density at radius 1 is 1.52 bits per heavy atom. The molecule has 1 atom stereocenters. The Bertz CT molecular complexity index is 475. The first-order chi connectivity index (χ1) is 10.1. The standard InChI is InChI=1S/C15H22N2O3S/c1-3-20-15(19)13-5-4-7-17(13)10-14(18)16(2)9-12-6-8-21-11-12/h6,8,11,13H,3-5,7,9-10H2,1-2H3. The molecular formula is C15H22N2O3S. The van der Waals surface area contributed by atoms with Crippen LogP contribution in [0.15, 0.2) is 16.8 Å². The van der Waals surface area contributed by atoms with E-state index in [1.54, 1.807) is 30.2 Å². The van der Waals surface area contributed by atoms with Crippen LogP contribution in [0.1, 0.15) is 25.3 Å². The van der Waals surface area contributed by atoms with Gasteiger partial charge in [-0.3, -0.25) is 14.5 Å². The van der Waals surface area contributed by atoms with E-state index in [0.717, 1.165) is 24.9 Å². The molecule has 1 unspecified atom stereocenters. The molecule has 1 saturated heterocycles. The maximum absolute atomic E-state index is 12.3. The number of carbonyl (C=O) groups is 2. The average molecular weight is 310 g/mol. The average Bonchev–Trinajstić information content (AvgIpc) is 3.10. The number of likely N-dealkylation sites (N-methyl/N-ethyl adjacent to an activating group) is 1. The summed E-state index contributed by atoms with van der Waals surface area (Å²) in [7, 11) is 1.80. The summed E-state index contributed by atoms with van der Waals surface area (Å²) in [6, 6.07) is 1.76. The van der Waals surface area contributed by atoms with Gasteiger partial charge in [0.15, 0.2) is 0 Å². The van der Waals surface area contributed by atoms with Crippen LogP contribution in [-0.2, 0) is 20.9 Å². The minimum absolute atomic E-state index is 0.0393. The van der Waals surface area contributed by atoms with Crippen LogP contribution in [0.2, 0.25) is 0 Å². The maximum atomic E-state index is 12.3. The molecular weight excluding hydrogens is 288 g/mol. The smallest absolute Gasteiger partial charge is 0.323 e. The Labute approximate surface area is 129 Å². The molecule has 0 bridgehead atoms. The maximum Gasteiger partial charge on any atom is 0.323 e. The van der Waals surface area contributed by atoms with E-state index >= 15 is 0 Å². The minimum atomic E-state index is -0.261. The molecule has 1 amide bonds. The molecule has 21 heavy (non-hydrogen) atoms. The predicted octanol–water partition coefficient (Wildman–Crippen LogP) is 1.73. The van der Waals surface area contributed by atoms with Crippen molar-refractivity contribution >= 4 is 23.2 Å². The third-order valence-electron chi connectivity index (χ3n) is 3.69. The molecule has 0 aromatic carbocycles. The number of amides is 1. The molecule has 1 aromatic rings. The largest absolute Gasteiger partial charge is 0.465 e. The number of hydrogen-bond acceptors (Lipinski definition) is 5. The zero-order chi connectivity index (χ0) is 15.2. The van der Waals surface area contributed by atoms with Crippen LogP contribution >= 0.6 is 11.3 Å². The quantitative estimate of drug-likeness (QED) is 0.751. The number of likely N-dealkylation sites (tertiary alicyclic amines) is 1. The van der Waals surface area contributed by atoms with Gasteiger partial charge < -0.3 is 9.64 Å². The summed E-state index contributed by atoms with van der Waals surface area (Å²) < 4.78 is 5.08. The summed E-state index contributed by atoms with van der Waals surface area (Å²) in [6.45, 7) is 3.86. The van der Waals surface area contributed by atoms with Gasteiger partial charge in [-0.15, -0.1) is 0 Å². The zero-order valence-electron chi connectivity index (χ0n) is 12.6. The van der Waals surface area contributed by atoms with Crippen LogP contribution in [0.4, 0.5) is 0 Å². The Kier molecular flexibility index (Phi) is 5.76. The molecule has 1 aliphatic rings. The fourth-order valence-corrected chi connectivity index (χ4v) is 3.22. The number of carbonyl (C=O) groups excluding carboxylic acids is 2. The highest BCUT2D eigenvalue weighted by Crippen LogP contribution is 2.18. The second-order valence-corrected chi connectivity index (χ2v) is 6.04. The molecule has 2 heterocycles. The number of esters is 1. The third kappa shape index (κ3) is 4.28. The van der Waals surface area contributed by atoms with Crippen LogP contribution in [0.25, 0.3) is 0 Å². The second kappa shape index (κ2) is 7.56. The Morgan fingerprint density at radius 2 is 2.33 bits per heavy atom. The lowest BCUT2D eigenvalue weighted by Crippen LogP contribution is -2.44. The van der Waals surface area contributed by atoms with Crippen LogP contribution < -0.4 is 0 Å². The van der Waals surface area contributed by atoms with Gasteiger partial charge in [-0.05, 0) is 48.7 Å². The summed E-state index contributed by atoms with van der Waals surface area (Å²) in [5.41, 5.74) is 1.14. The van der Waals surface area contributed by atoms with Crippen LogP contribution in [0.3, 0.4) is 0 Å².